The number of Topliss-reactive ketones (excluding diaryl/α,β-unsaturated/α-hetero) is 1. The number of amides is 1. The molecule has 2 fully saturated rings. The van der Waals surface area contributed by atoms with E-state index in [0.717, 1.165) is 0 Å². The standard InChI is InChI=1S/C44H58Cl2IN7O10S/c1-20-13-21(2)39(58)63-42(47)44(7)29(24(5)33(55)22(3)15-43(6,60-10)36(20)62-41-34(56)28(53(8)9)14-23(4)61-41)35(40(59)64-44)65-12-11-54-19-51-31-32(54)25(16-50-37(31)48)38(57)52-30-26(45)17-49-18-27(30)46/h13,16-20,22-24,28-29,34-36,41-42,56H,11-12,14-15H2,1-10H3,(H2,48,50)(H,49,52,57)/b21-13-/t20-,22+,23+,24+,28-,29-,34+,35-,36+,41-,42-,43+,44-/m0/s1. The lowest BCUT2D eigenvalue weighted by Gasteiger charge is -2.46. The zero-order valence-electron chi connectivity index (χ0n) is 38.0. The summed E-state index contributed by atoms with van der Waals surface area (Å²) in [6.07, 6.45) is 5.05. The summed E-state index contributed by atoms with van der Waals surface area (Å²) in [5.41, 5.74) is 4.93. The smallest absolute Gasteiger partial charge is 0.334 e. The molecule has 13 atom stereocenters. The lowest BCUT2D eigenvalue weighted by Crippen LogP contribution is -2.58. The van der Waals surface area contributed by atoms with Gasteiger partial charge in [0.15, 0.2) is 21.8 Å². The number of carbonyl (C=O) groups is 4. The van der Waals surface area contributed by atoms with Gasteiger partial charge in [0.1, 0.15) is 22.7 Å². The fraction of sp³-hybridized carbons (Fsp3) is 0.614. The summed E-state index contributed by atoms with van der Waals surface area (Å²) >= 11 is 15.8. The third-order valence-corrected chi connectivity index (χ3v) is 16.3. The van der Waals surface area contributed by atoms with Gasteiger partial charge in [0, 0.05) is 73.3 Å². The molecule has 0 aliphatic carbocycles. The van der Waals surface area contributed by atoms with Crippen LogP contribution in [0.5, 0.6) is 0 Å². The van der Waals surface area contributed by atoms with Crippen molar-refractivity contribution in [2.24, 2.45) is 23.7 Å². The molecular weight excluding hydrogens is 1020 g/mol. The maximum Gasteiger partial charge on any atom is 0.334 e. The van der Waals surface area contributed by atoms with E-state index in [1.165, 1.54) is 36.7 Å². The first-order valence-electron chi connectivity index (χ1n) is 21.3. The molecule has 1 amide bonds. The Bertz CT molecular complexity index is 2300. The van der Waals surface area contributed by atoms with Crippen LogP contribution in [0.1, 0.15) is 71.7 Å². The van der Waals surface area contributed by atoms with Crippen LogP contribution >= 0.6 is 57.6 Å². The van der Waals surface area contributed by atoms with Gasteiger partial charge in [-0.05, 0) is 77.2 Å². The lowest BCUT2D eigenvalue weighted by atomic mass is 9.72. The zero-order valence-corrected chi connectivity index (χ0v) is 42.5. The number of nitrogen functional groups attached to an aromatic ring is 1. The Morgan fingerprint density at radius 3 is 2.45 bits per heavy atom. The summed E-state index contributed by atoms with van der Waals surface area (Å²) in [5.74, 6) is -4.17. The van der Waals surface area contributed by atoms with E-state index in [2.05, 4.69) is 20.3 Å². The summed E-state index contributed by atoms with van der Waals surface area (Å²) in [5, 5.41) is 13.6. The first-order chi connectivity index (χ1) is 30.5. The molecule has 4 N–H and O–H groups in total. The Labute approximate surface area is 406 Å². The van der Waals surface area contributed by atoms with Crippen molar-refractivity contribution >= 4 is 104 Å². The third-order valence-electron chi connectivity index (χ3n) is 13.0. The molecule has 21 heteroatoms. The van der Waals surface area contributed by atoms with Crippen molar-refractivity contribution in [2.45, 2.75) is 119 Å². The number of ether oxygens (including phenoxy) is 5. The highest BCUT2D eigenvalue weighted by molar-refractivity contribution is 14.1. The van der Waals surface area contributed by atoms with Crippen LogP contribution in [0.2, 0.25) is 10.0 Å². The number of hydrogen-bond donors (Lipinski definition) is 3. The fourth-order valence-electron chi connectivity index (χ4n) is 9.48. The predicted molar refractivity (Wildman–Crippen MR) is 256 cm³/mol. The number of thioether (sulfide) groups is 1. The van der Waals surface area contributed by atoms with E-state index in [9.17, 15) is 24.3 Å². The number of nitrogens with one attached hydrogen (secondary N) is 1. The number of aliphatic hydroxyl groups excluding tert-OH is 1. The first-order valence-corrected chi connectivity index (χ1v) is 24.4. The molecule has 0 bridgehead atoms. The minimum absolute atomic E-state index is 0.108. The number of hydrogen-bond acceptors (Lipinski definition) is 16. The number of ketones is 1. The number of aromatic nitrogens is 4. The normalized spacial score (nSPS) is 34.7. The van der Waals surface area contributed by atoms with E-state index < -0.39 is 80.6 Å². The molecule has 0 radical (unpaired) electrons. The number of nitrogens with two attached hydrogens (primary N) is 1. The van der Waals surface area contributed by atoms with Gasteiger partial charge < -0.3 is 49.3 Å². The highest BCUT2D eigenvalue weighted by Gasteiger charge is 2.61. The van der Waals surface area contributed by atoms with Gasteiger partial charge in [-0.25, -0.2) is 14.8 Å². The van der Waals surface area contributed by atoms with Gasteiger partial charge in [-0.3, -0.25) is 19.4 Å². The number of aliphatic hydroxyl groups is 1. The number of pyridine rings is 2. The first kappa shape index (κ1) is 51.2. The van der Waals surface area contributed by atoms with Gasteiger partial charge in [0.05, 0.1) is 50.9 Å². The van der Waals surface area contributed by atoms with Gasteiger partial charge in [0.25, 0.3) is 5.91 Å². The van der Waals surface area contributed by atoms with E-state index >= 15 is 0 Å². The van der Waals surface area contributed by atoms with Gasteiger partial charge in [-0.1, -0.05) is 50.0 Å². The minimum atomic E-state index is -1.41. The molecule has 3 aromatic heterocycles. The van der Waals surface area contributed by atoms with Gasteiger partial charge in [-0.2, -0.15) is 0 Å². The molecule has 3 aromatic rings. The molecule has 2 saturated heterocycles. The van der Waals surface area contributed by atoms with E-state index in [-0.39, 0.29) is 63.6 Å². The number of nitrogens with zero attached hydrogens (tertiary/aromatic N) is 5. The second-order valence-electron chi connectivity index (χ2n) is 17.9. The number of methoxy groups -OCH3 is 1. The number of halogens is 3. The number of alkyl halides is 1. The third kappa shape index (κ3) is 10.5. The maximum atomic E-state index is 14.8. The van der Waals surface area contributed by atoms with Crippen molar-refractivity contribution in [1.29, 1.82) is 0 Å². The molecule has 356 valence electrons. The highest BCUT2D eigenvalue weighted by atomic mass is 127. The number of imidazole rings is 1. The number of aryl methyl sites for hydroxylation is 1. The Kier molecular flexibility index (Phi) is 16.2. The molecular formula is C44H58Cl2IN7O10S. The topological polar surface area (TPSA) is 220 Å². The number of cyclic esters (lactones) is 1. The van der Waals surface area contributed by atoms with Crippen LogP contribution in [0.3, 0.4) is 0 Å². The van der Waals surface area contributed by atoms with Crippen LogP contribution in [-0.2, 0) is 44.6 Å². The number of fused-ring (bicyclic) bond motifs is 2. The van der Waals surface area contributed by atoms with Crippen molar-refractivity contribution in [3.05, 3.63) is 52.2 Å². The maximum absolute atomic E-state index is 14.8. The van der Waals surface area contributed by atoms with Crippen LogP contribution < -0.4 is 11.1 Å². The highest BCUT2D eigenvalue weighted by Crippen LogP contribution is 2.49. The van der Waals surface area contributed by atoms with Crippen LogP contribution in [0.15, 0.2) is 36.6 Å². The molecule has 0 spiro atoms. The molecule has 0 saturated carbocycles. The molecule has 0 unspecified atom stereocenters. The zero-order chi connectivity index (χ0) is 47.9. The second kappa shape index (κ2) is 20.6. The lowest BCUT2D eigenvalue weighted by molar-refractivity contribution is -0.294. The Morgan fingerprint density at radius 2 is 1.80 bits per heavy atom. The summed E-state index contributed by atoms with van der Waals surface area (Å²) in [6, 6.07) is -0.241. The summed E-state index contributed by atoms with van der Waals surface area (Å²) in [7, 11) is 5.33. The van der Waals surface area contributed by atoms with Crippen molar-refractivity contribution < 1.29 is 48.0 Å². The van der Waals surface area contributed by atoms with Crippen LogP contribution in [0.4, 0.5) is 11.5 Å². The van der Waals surface area contributed by atoms with Gasteiger partial charge in [0.2, 0.25) is 0 Å². The predicted octanol–water partition coefficient (Wildman–Crippen LogP) is 6.35. The summed E-state index contributed by atoms with van der Waals surface area (Å²) < 4.78 is 32.2. The SMILES string of the molecule is CO[C@]1(C)C[C@@H](C)C(=O)[C@H](C)[C@H]2[C@H](SCCn3cnc4c(N)ncc(C(=O)Nc5c(Cl)cncc5Cl)c43)C(=O)O[C@]2(C)[C@@H](I)OC(=O)/C(C)=C\[C@H](C)[C@H]1O[C@@H]1O[C@H](C)C[C@H](N(C)C)[C@H]1O. The van der Waals surface area contributed by atoms with Gasteiger partial charge >= 0.3 is 11.9 Å². The van der Waals surface area contributed by atoms with Crippen LogP contribution in [-0.4, -0.2) is 131 Å². The van der Waals surface area contributed by atoms with Crippen LogP contribution in [0.25, 0.3) is 11.0 Å². The van der Waals surface area contributed by atoms with E-state index in [4.69, 9.17) is 52.6 Å². The summed E-state index contributed by atoms with van der Waals surface area (Å²) in [4.78, 5) is 71.0. The number of rotatable bonds is 10. The van der Waals surface area contributed by atoms with E-state index in [0.29, 0.717) is 23.2 Å². The fourth-order valence-corrected chi connectivity index (χ4v) is 12.2. The van der Waals surface area contributed by atoms with Crippen molar-refractivity contribution in [3.8, 4) is 0 Å². The molecule has 65 heavy (non-hydrogen) atoms. The van der Waals surface area contributed by atoms with Gasteiger partial charge in [-0.15, -0.1) is 11.8 Å². The monoisotopic (exact) mass is 1070 g/mol. The van der Waals surface area contributed by atoms with E-state index in [1.807, 2.05) is 69.3 Å². The minimum Gasteiger partial charge on any atom is -0.453 e. The number of likely N-dealkylation sites (N-methyl/N-ethyl adjacent to an activating group) is 1. The average Bonchev–Trinajstić information content (AvgIpc) is 3.79. The van der Waals surface area contributed by atoms with Crippen molar-refractivity contribution in [1.82, 2.24) is 24.4 Å². The molecule has 6 heterocycles. The number of esters is 2. The quantitative estimate of drug-likeness (QED) is 0.114. The largest absolute Gasteiger partial charge is 0.453 e. The average molecular weight is 1070 g/mol. The molecule has 0 aromatic carbocycles. The Hall–Kier alpha value is -3.15. The Balaban J connectivity index is 1.29. The molecule has 6 rings (SSSR count). The number of carbonyl (C=O) groups excluding carboxylic acids is 4. The number of anilines is 2. The van der Waals surface area contributed by atoms with Crippen molar-refractivity contribution in [3.63, 3.8) is 0 Å². The van der Waals surface area contributed by atoms with Crippen molar-refractivity contribution in [2.75, 3.05) is 38.0 Å². The molecule has 17 nitrogen and oxygen atoms in total. The second-order valence-corrected chi connectivity index (χ2v) is 21.1. The Morgan fingerprint density at radius 1 is 1.12 bits per heavy atom. The summed E-state index contributed by atoms with van der Waals surface area (Å²) in [6.45, 7) is 12.9. The molecule has 3 aliphatic rings. The van der Waals surface area contributed by atoms with Crippen LogP contribution in [0, 0.1) is 23.7 Å². The molecule has 3 aliphatic heterocycles. The van der Waals surface area contributed by atoms with E-state index in [1.54, 1.807) is 38.5 Å².